The molecule has 7 aliphatic rings. The number of ether oxygens (including phenoxy) is 4. The van der Waals surface area contributed by atoms with Gasteiger partial charge in [0.25, 0.3) is 0 Å². The van der Waals surface area contributed by atoms with E-state index in [-0.39, 0.29) is 118 Å². The van der Waals surface area contributed by atoms with E-state index in [9.17, 15) is 73.2 Å². The number of carboxylic acids is 1. The predicted octanol–water partition coefficient (Wildman–Crippen LogP) is 14.3. The van der Waals surface area contributed by atoms with E-state index >= 15 is 0 Å². The lowest BCUT2D eigenvalue weighted by atomic mass is 10.1. The van der Waals surface area contributed by atoms with Gasteiger partial charge in [0.05, 0.1) is 62.9 Å². The van der Waals surface area contributed by atoms with Crippen molar-refractivity contribution >= 4 is 92.6 Å². The number of allylic oxidation sites excluding steroid dienone is 4. The van der Waals surface area contributed by atoms with E-state index in [0.717, 1.165) is 88.5 Å². The first kappa shape index (κ1) is 128. The van der Waals surface area contributed by atoms with Crippen molar-refractivity contribution in [1.29, 1.82) is 0 Å². The SMILES string of the molecule is C.C=CCCCCN(C)C(=O)[C@@H]1C[C@@H](O)CN1.C=CCCCCN(C)C(=O)[C@@H]1C[C@@H](O)CN1C(=O)N[C@]1(C(=O)OCC)C[C@H]1C=C.C=CCCCCN(C)C(=O)[C@@H]1C[C@@H](O)CN1C(=O)OC(C)(C)C.C=CCCCCN(C)C(=O)[C@@H]1C[C@@H](O[Si](C)(C)C(C)(C)C)CN1C(=O)N[C@]1(C(=O)OCC)C[C@H]1C=C.CC(C)(C)OC(=O)N1C[C@H](O)C[C@H]1C(=O)O.CC(C)(C)[Si](C)(C)Cl.CCN(CC)CC. The maximum absolute atomic E-state index is 13.6. The number of aliphatic hydroxyl groups is 4. The fraction of sp³-hybridized carbons (Fsp3) is 0.770. The number of carbonyl (C=O) groups is 11. The van der Waals surface area contributed by atoms with E-state index in [1.54, 1.807) is 113 Å². The van der Waals surface area contributed by atoms with Gasteiger partial charge in [-0.1, -0.05) is 119 Å². The van der Waals surface area contributed by atoms with Crippen molar-refractivity contribution in [3.8, 4) is 0 Å². The number of carbonyl (C=O) groups excluding carboxylic acids is 10. The second-order valence-electron chi connectivity index (χ2n) is 41.1. The minimum absolute atomic E-state index is 0. The zero-order valence-electron chi connectivity index (χ0n) is 87.1. The molecule has 2 aliphatic carbocycles. The van der Waals surface area contributed by atoms with E-state index in [4.69, 9.17) is 39.6 Å². The van der Waals surface area contributed by atoms with Crippen molar-refractivity contribution in [1.82, 2.24) is 60.0 Å². The number of esters is 2. The molecule has 33 nitrogen and oxygen atoms in total. The molecule has 0 aromatic carbocycles. The molecule has 5 saturated heterocycles. The number of β-amino-alcohol motifs (C(OH)–C–C–N with tert-alkyl or cyclic N) is 4. The number of likely N-dealkylation sites (N-methyl/N-ethyl adjacent to an activating group) is 4. The van der Waals surface area contributed by atoms with Crippen LogP contribution in [0.25, 0.3) is 0 Å². The van der Waals surface area contributed by atoms with E-state index in [1.807, 2.05) is 31.4 Å². The zero-order valence-corrected chi connectivity index (χ0v) is 89.9. The molecule has 0 aromatic heterocycles. The Balaban J connectivity index is 0.00000165. The highest BCUT2D eigenvalue weighted by molar-refractivity contribution is 7.20. The molecule has 5 heterocycles. The summed E-state index contributed by atoms with van der Waals surface area (Å²) in [6.07, 6.45) is 20.2. The van der Waals surface area contributed by atoms with Gasteiger partial charge in [-0.2, -0.15) is 11.1 Å². The maximum atomic E-state index is 13.6. The molecule has 0 spiro atoms. The average Bonchev–Trinajstić information content (AvgIpc) is 1.58. The quantitative estimate of drug-likeness (QED) is 0.00711. The minimum Gasteiger partial charge on any atom is -0.480 e. The van der Waals surface area contributed by atoms with E-state index in [0.29, 0.717) is 63.4 Å². The largest absolute Gasteiger partial charge is 0.480 e. The molecular formula is C100H183ClN12O21Si2. The number of halogens is 1. The lowest BCUT2D eigenvalue weighted by Gasteiger charge is -2.38. The van der Waals surface area contributed by atoms with Crippen LogP contribution in [0.15, 0.2) is 75.9 Å². The molecule has 5 aliphatic heterocycles. The summed E-state index contributed by atoms with van der Waals surface area (Å²) < 4.78 is 27.4. The van der Waals surface area contributed by atoms with Gasteiger partial charge in [-0.25, -0.2) is 33.6 Å². The van der Waals surface area contributed by atoms with E-state index in [2.05, 4.69) is 149 Å². The zero-order chi connectivity index (χ0) is 104. The van der Waals surface area contributed by atoms with E-state index < -0.39 is 123 Å². The van der Waals surface area contributed by atoms with Crippen molar-refractivity contribution in [2.75, 3.05) is 120 Å². The van der Waals surface area contributed by atoms with Crippen molar-refractivity contribution in [2.24, 2.45) is 11.8 Å². The Kier molecular flexibility index (Phi) is 57.0. The molecule has 784 valence electrons. The first-order valence-corrected chi connectivity index (χ1v) is 55.5. The summed E-state index contributed by atoms with van der Waals surface area (Å²) in [4.78, 5) is 152. The molecule has 7 rings (SSSR count). The third-order valence-electron chi connectivity index (χ3n) is 25.5. The van der Waals surface area contributed by atoms with Crippen LogP contribution in [-0.2, 0) is 56.9 Å². The van der Waals surface area contributed by atoms with Gasteiger partial charge in [-0.3, -0.25) is 29.0 Å². The minimum atomic E-state index is -2.12. The molecule has 14 atom stereocenters. The Morgan fingerprint density at radius 1 is 0.456 bits per heavy atom. The number of nitrogens with one attached hydrogen (secondary N) is 3. The molecule has 7 fully saturated rings. The highest BCUT2D eigenvalue weighted by Crippen LogP contribution is 2.48. The Morgan fingerprint density at radius 3 is 1.04 bits per heavy atom. The van der Waals surface area contributed by atoms with Gasteiger partial charge in [0, 0.05) is 112 Å². The third-order valence-corrected chi connectivity index (χ3v) is 35.3. The second kappa shape index (κ2) is 60.4. The van der Waals surface area contributed by atoms with Crippen LogP contribution < -0.4 is 16.0 Å². The highest BCUT2D eigenvalue weighted by Gasteiger charge is 2.64. The maximum Gasteiger partial charge on any atom is 0.411 e. The molecule has 136 heavy (non-hydrogen) atoms. The topological polar surface area (TPSA) is 400 Å². The van der Waals surface area contributed by atoms with Crippen LogP contribution in [0, 0.1) is 11.8 Å². The standard InChI is InChI=1S/C27H47N3O5Si.C21H33N3O5.C17H30N2O4.C12H22N2O2.C10H17NO5.C6H15ClSi.C6H15N.CH4/c1-10-13-14-15-16-29(7)23(31)22-17-21(35-36(8,9)26(4,5)6)19-30(22)25(33)28-27(18-20(27)11-2)24(32)34-12-3;1-5-8-9-10-11-23(4)18(26)17-12-16(25)14-24(17)20(28)22-21(13-15(21)6-2)19(27)29-7-3;1-6-7-8-9-10-18(5)15(21)14-11-13(20)12-19(14)16(22)23-17(2,3)4;1-3-4-5-6-7-14(2)12(16)11-8-10(15)9-13-11;1-10(2,3)16-9(15)11-5-6(12)4-7(11)8(13)14;1-6(2,3)8(4,5)7;1-4-7(5-2)6-3;/h10-11,20-22H,1-2,12-19H2,3-9H3,(H,28,33);5-6,15-17,25H,1-2,7-14H2,3-4H3,(H,22,28);6,13-14,20H,1,7-12H2,2-5H3;3,10-11,13,15H,1,4-9H2,2H3;6-7,12H,4-5H2,1-3H3,(H,13,14);1-5H3;4-6H2,1-3H3;1H4/t20-,21-,22+,27-;15-,16-,17+,21-;13-,14+;10-,11+;6-,7+;;;/m11111.../s1. The molecule has 36 heteroatoms. The smallest absolute Gasteiger partial charge is 0.411 e. The summed E-state index contributed by atoms with van der Waals surface area (Å²) in [6, 6.07) is -4.23. The van der Waals surface area contributed by atoms with E-state index in [1.165, 1.54) is 29.4 Å². The monoisotopic (exact) mass is 1980 g/mol. The fourth-order valence-corrected chi connectivity index (χ4v) is 16.4. The number of likely N-dealkylation sites (tertiary alicyclic amines) is 4. The van der Waals surface area contributed by atoms with Gasteiger partial charge in [0.2, 0.25) is 23.6 Å². The number of hydrogen-bond acceptors (Lipinski definition) is 22. The number of rotatable bonds is 38. The summed E-state index contributed by atoms with van der Waals surface area (Å²) in [5.41, 5.74) is -3.55. The molecule has 0 unspecified atom stereocenters. The van der Waals surface area contributed by atoms with Crippen LogP contribution in [0.5, 0.6) is 0 Å². The molecule has 0 radical (unpaired) electrons. The number of hydrogen-bond donors (Lipinski definition) is 8. The Bertz CT molecular complexity index is 3750. The summed E-state index contributed by atoms with van der Waals surface area (Å²) >= 11 is 6.15. The summed E-state index contributed by atoms with van der Waals surface area (Å²) in [5.74, 6) is -2.85. The Morgan fingerprint density at radius 2 is 0.765 bits per heavy atom. The predicted molar refractivity (Wildman–Crippen MR) is 545 cm³/mol. The molecule has 10 amide bonds. The van der Waals surface area contributed by atoms with Gasteiger partial charge < -0.3 is 99.2 Å². The first-order chi connectivity index (χ1) is 62.6. The van der Waals surface area contributed by atoms with Crippen LogP contribution in [-0.4, -0.2) is 354 Å². The van der Waals surface area contributed by atoms with Crippen LogP contribution in [0.4, 0.5) is 19.2 Å². The number of amides is 10. The fourth-order valence-electron chi connectivity index (χ4n) is 15.0. The Labute approximate surface area is 823 Å². The normalized spacial score (nSPS) is 23.6. The van der Waals surface area contributed by atoms with Gasteiger partial charge in [0.15, 0.2) is 15.7 Å². The summed E-state index contributed by atoms with van der Waals surface area (Å²) in [5, 5.41) is 56.6. The van der Waals surface area contributed by atoms with Gasteiger partial charge in [-0.15, -0.1) is 39.5 Å². The van der Waals surface area contributed by atoms with Crippen molar-refractivity contribution < 1.29 is 102 Å². The number of aliphatic hydroxyl groups excluding tert-OH is 4. The van der Waals surface area contributed by atoms with Crippen molar-refractivity contribution in [3.63, 3.8) is 0 Å². The van der Waals surface area contributed by atoms with Gasteiger partial charge in [0.1, 0.15) is 46.4 Å². The van der Waals surface area contributed by atoms with Gasteiger partial charge >= 0.3 is 42.2 Å². The second-order valence-corrected chi connectivity index (χ2v) is 53.1. The highest BCUT2D eigenvalue weighted by atomic mass is 35.6. The van der Waals surface area contributed by atoms with Gasteiger partial charge in [-0.05, 0) is 195 Å². The van der Waals surface area contributed by atoms with Crippen LogP contribution in [0.1, 0.15) is 247 Å². The summed E-state index contributed by atoms with van der Waals surface area (Å²) in [6.45, 7) is 72.1. The lowest BCUT2D eigenvalue weighted by Crippen LogP contribution is -2.55. The Hall–Kier alpha value is -7.75. The van der Waals surface area contributed by atoms with Crippen LogP contribution >= 0.6 is 11.1 Å². The van der Waals surface area contributed by atoms with Crippen molar-refractivity contribution in [2.45, 2.75) is 366 Å². The number of nitrogens with zero attached hydrogens (tertiary/aromatic N) is 9. The van der Waals surface area contributed by atoms with Crippen LogP contribution in [0.2, 0.25) is 36.3 Å². The lowest BCUT2D eigenvalue weighted by molar-refractivity contribution is -0.147. The average molecular weight is 1980 g/mol. The van der Waals surface area contributed by atoms with Crippen molar-refractivity contribution in [3.05, 3.63) is 75.9 Å². The molecule has 2 saturated carbocycles. The number of unbranched alkanes of at least 4 members (excludes halogenated alkanes) is 8. The number of aliphatic carboxylic acids is 1. The molecular weight excluding hydrogens is 1800 g/mol. The number of urea groups is 2. The molecule has 0 bridgehead atoms. The number of carboxylic acid groups (broad SMARTS) is 1. The summed E-state index contributed by atoms with van der Waals surface area (Å²) in [7, 11) is 3.53. The molecule has 8 N–H and O–H groups in total. The third kappa shape index (κ3) is 43.1. The molecule has 0 aromatic rings. The first-order valence-electron chi connectivity index (χ1n) is 48.6. The van der Waals surface area contributed by atoms with Crippen LogP contribution in [0.3, 0.4) is 0 Å².